The summed E-state index contributed by atoms with van der Waals surface area (Å²) in [7, 11) is 0. The van der Waals surface area contributed by atoms with Gasteiger partial charge in [-0.05, 0) is 60.2 Å². The van der Waals surface area contributed by atoms with Crippen molar-refractivity contribution in [3.05, 3.63) is 64.3 Å². The number of fused-ring (bicyclic) bond motifs is 1. The second kappa shape index (κ2) is 7.40. The Kier molecular flexibility index (Phi) is 5.34. The molecule has 0 saturated carbocycles. The summed E-state index contributed by atoms with van der Waals surface area (Å²) in [5, 5.41) is 5.04. The fourth-order valence-corrected chi connectivity index (χ4v) is 3.71. The van der Waals surface area contributed by atoms with Crippen LogP contribution in [-0.2, 0) is 11.3 Å². The number of nitrogens with one attached hydrogen (secondary N) is 1. The Bertz CT molecular complexity index is 996. The Hall–Kier alpha value is -2.26. The zero-order valence-corrected chi connectivity index (χ0v) is 17.4. The second-order valence-corrected chi connectivity index (χ2v) is 8.92. The normalized spacial score (nSPS) is 11.8. The van der Waals surface area contributed by atoms with Crippen LogP contribution < -0.4 is 5.32 Å². The maximum Gasteiger partial charge on any atom is 0.224 e. The third-order valence-corrected chi connectivity index (χ3v) is 4.97. The summed E-state index contributed by atoms with van der Waals surface area (Å²) in [5.41, 5.74) is 5.41. The molecule has 0 saturated heterocycles. The van der Waals surface area contributed by atoms with Crippen LogP contribution in [0.25, 0.3) is 10.9 Å². The van der Waals surface area contributed by atoms with E-state index in [2.05, 4.69) is 68.9 Å². The number of aromatic nitrogens is 1. The third-order valence-electron chi connectivity index (χ3n) is 4.73. The first-order valence-corrected chi connectivity index (χ1v) is 9.65. The van der Waals surface area contributed by atoms with Gasteiger partial charge in [-0.15, -0.1) is 0 Å². The van der Waals surface area contributed by atoms with E-state index in [1.165, 1.54) is 5.52 Å². The van der Waals surface area contributed by atoms with Crippen LogP contribution in [0.2, 0.25) is 5.02 Å². The molecule has 1 heterocycles. The van der Waals surface area contributed by atoms with E-state index in [9.17, 15) is 4.79 Å². The molecule has 0 spiro atoms. The number of halogens is 1. The molecule has 4 heteroatoms. The van der Waals surface area contributed by atoms with Gasteiger partial charge in [-0.3, -0.25) is 4.79 Å². The predicted molar refractivity (Wildman–Crippen MR) is 115 cm³/mol. The van der Waals surface area contributed by atoms with E-state index in [0.717, 1.165) is 39.3 Å². The zero-order chi connectivity index (χ0) is 19.8. The van der Waals surface area contributed by atoms with Gasteiger partial charge in [0.25, 0.3) is 0 Å². The van der Waals surface area contributed by atoms with Crippen LogP contribution >= 0.6 is 11.6 Å². The Morgan fingerprint density at radius 1 is 1.15 bits per heavy atom. The van der Waals surface area contributed by atoms with Crippen LogP contribution in [0.3, 0.4) is 0 Å². The molecule has 1 amide bonds. The molecule has 0 aliphatic carbocycles. The molecule has 3 rings (SSSR count). The molecule has 142 valence electrons. The highest BCUT2D eigenvalue weighted by atomic mass is 35.5. The lowest BCUT2D eigenvalue weighted by molar-refractivity contribution is -0.117. The number of benzene rings is 2. The van der Waals surface area contributed by atoms with Crippen molar-refractivity contribution in [2.45, 2.75) is 47.6 Å². The van der Waals surface area contributed by atoms with Crippen molar-refractivity contribution in [2.75, 3.05) is 5.32 Å². The first kappa shape index (κ1) is 19.5. The van der Waals surface area contributed by atoms with Crippen molar-refractivity contribution >= 4 is 34.1 Å². The number of aryl methyl sites for hydroxylation is 2. The van der Waals surface area contributed by atoms with Crippen LogP contribution in [0.5, 0.6) is 0 Å². The number of amides is 1. The highest BCUT2D eigenvalue weighted by Crippen LogP contribution is 2.31. The van der Waals surface area contributed by atoms with E-state index in [1.807, 2.05) is 18.2 Å². The SMILES string of the molecule is Cc1cc2c(ccn2Cc2cccc(Cl)c2)c(C)c1NC(=O)CC(C)(C)C. The summed E-state index contributed by atoms with van der Waals surface area (Å²) in [5.74, 6) is 0.0615. The van der Waals surface area contributed by atoms with Crippen molar-refractivity contribution in [1.82, 2.24) is 4.57 Å². The van der Waals surface area contributed by atoms with Crippen molar-refractivity contribution < 1.29 is 4.79 Å². The number of hydrogen-bond acceptors (Lipinski definition) is 1. The lowest BCUT2D eigenvalue weighted by Crippen LogP contribution is -2.20. The van der Waals surface area contributed by atoms with Crippen molar-refractivity contribution in [3.8, 4) is 0 Å². The minimum Gasteiger partial charge on any atom is -0.343 e. The summed E-state index contributed by atoms with van der Waals surface area (Å²) in [6, 6.07) is 12.2. The Balaban J connectivity index is 1.93. The van der Waals surface area contributed by atoms with Gasteiger partial charge in [0.1, 0.15) is 0 Å². The van der Waals surface area contributed by atoms with Gasteiger partial charge in [-0.2, -0.15) is 0 Å². The van der Waals surface area contributed by atoms with E-state index >= 15 is 0 Å². The van der Waals surface area contributed by atoms with E-state index in [1.54, 1.807) is 0 Å². The van der Waals surface area contributed by atoms with Gasteiger partial charge in [-0.25, -0.2) is 0 Å². The van der Waals surface area contributed by atoms with Crippen LogP contribution in [-0.4, -0.2) is 10.5 Å². The van der Waals surface area contributed by atoms with Crippen molar-refractivity contribution in [1.29, 1.82) is 0 Å². The number of carbonyl (C=O) groups is 1. The maximum absolute atomic E-state index is 12.4. The summed E-state index contributed by atoms with van der Waals surface area (Å²) in [6.45, 7) is 11.1. The number of carbonyl (C=O) groups excluding carboxylic acids is 1. The quantitative estimate of drug-likeness (QED) is 0.561. The number of anilines is 1. The highest BCUT2D eigenvalue weighted by molar-refractivity contribution is 6.30. The van der Waals surface area contributed by atoms with Gasteiger partial charge in [-0.1, -0.05) is 44.5 Å². The van der Waals surface area contributed by atoms with Gasteiger partial charge in [0, 0.05) is 40.8 Å². The standard InChI is InChI=1S/C23H27ClN2O/c1-15-11-20-19(16(2)22(15)25-21(27)13-23(3,4)5)9-10-26(20)14-17-7-6-8-18(24)12-17/h6-12H,13-14H2,1-5H3,(H,25,27). The number of rotatable bonds is 4. The molecule has 0 unspecified atom stereocenters. The molecule has 0 bridgehead atoms. The fraction of sp³-hybridized carbons (Fsp3) is 0.348. The summed E-state index contributed by atoms with van der Waals surface area (Å²) >= 11 is 6.12. The van der Waals surface area contributed by atoms with Crippen LogP contribution in [0.1, 0.15) is 43.9 Å². The van der Waals surface area contributed by atoms with Crippen LogP contribution in [0, 0.1) is 19.3 Å². The van der Waals surface area contributed by atoms with Crippen LogP contribution in [0.15, 0.2) is 42.6 Å². The summed E-state index contributed by atoms with van der Waals surface area (Å²) < 4.78 is 2.22. The first-order valence-electron chi connectivity index (χ1n) is 9.27. The maximum atomic E-state index is 12.4. The molecule has 0 fully saturated rings. The zero-order valence-electron chi connectivity index (χ0n) is 16.7. The molecule has 0 atom stereocenters. The smallest absolute Gasteiger partial charge is 0.224 e. The van der Waals surface area contributed by atoms with Crippen molar-refractivity contribution in [2.24, 2.45) is 5.41 Å². The minimum absolute atomic E-state index is 0.0315. The Morgan fingerprint density at radius 2 is 1.89 bits per heavy atom. The molecular weight excluding hydrogens is 356 g/mol. The number of hydrogen-bond donors (Lipinski definition) is 1. The topological polar surface area (TPSA) is 34.0 Å². The molecule has 3 aromatic rings. The van der Waals surface area contributed by atoms with Gasteiger partial charge < -0.3 is 9.88 Å². The van der Waals surface area contributed by atoms with Crippen molar-refractivity contribution in [3.63, 3.8) is 0 Å². The summed E-state index contributed by atoms with van der Waals surface area (Å²) in [4.78, 5) is 12.4. The summed E-state index contributed by atoms with van der Waals surface area (Å²) in [6.07, 6.45) is 2.60. The highest BCUT2D eigenvalue weighted by Gasteiger charge is 2.18. The average molecular weight is 383 g/mol. The van der Waals surface area contributed by atoms with Gasteiger partial charge in [0.15, 0.2) is 0 Å². The first-order chi connectivity index (χ1) is 12.6. The van der Waals surface area contributed by atoms with E-state index < -0.39 is 0 Å². The van der Waals surface area contributed by atoms with E-state index in [-0.39, 0.29) is 11.3 Å². The second-order valence-electron chi connectivity index (χ2n) is 8.49. The van der Waals surface area contributed by atoms with E-state index in [0.29, 0.717) is 6.42 Å². The lowest BCUT2D eigenvalue weighted by atomic mass is 9.92. The molecular formula is C23H27ClN2O. The predicted octanol–water partition coefficient (Wildman–Crippen LogP) is 6.33. The van der Waals surface area contributed by atoms with Crippen LogP contribution in [0.4, 0.5) is 5.69 Å². The largest absolute Gasteiger partial charge is 0.343 e. The molecule has 0 aliphatic rings. The monoisotopic (exact) mass is 382 g/mol. The fourth-order valence-electron chi connectivity index (χ4n) is 3.50. The van der Waals surface area contributed by atoms with Gasteiger partial charge in [0.2, 0.25) is 5.91 Å². The van der Waals surface area contributed by atoms with Gasteiger partial charge >= 0.3 is 0 Å². The van der Waals surface area contributed by atoms with Gasteiger partial charge in [0.05, 0.1) is 0 Å². The Labute approximate surface area is 166 Å². The molecule has 27 heavy (non-hydrogen) atoms. The molecule has 0 aliphatic heterocycles. The minimum atomic E-state index is -0.0315. The molecule has 0 radical (unpaired) electrons. The van der Waals surface area contributed by atoms with E-state index in [4.69, 9.17) is 11.6 Å². The average Bonchev–Trinajstić information content (AvgIpc) is 2.92. The third kappa shape index (κ3) is 4.54. The molecule has 2 aromatic carbocycles. The molecule has 1 N–H and O–H groups in total. The molecule has 3 nitrogen and oxygen atoms in total. The number of nitrogens with zero attached hydrogens (tertiary/aromatic N) is 1. The Morgan fingerprint density at radius 3 is 2.56 bits per heavy atom. The molecule has 1 aromatic heterocycles. The lowest BCUT2D eigenvalue weighted by Gasteiger charge is -2.19.